The third-order valence-electron chi connectivity index (χ3n) is 7.02. The molecule has 0 aliphatic rings. The van der Waals surface area contributed by atoms with Crippen molar-refractivity contribution in [2.24, 2.45) is 5.92 Å². The normalized spacial score (nSPS) is 12.4. The van der Waals surface area contributed by atoms with E-state index in [1.54, 1.807) is 48.6 Å². The molecule has 9 nitrogen and oxygen atoms in total. The second-order valence-corrected chi connectivity index (χ2v) is 12.4. The van der Waals surface area contributed by atoms with Crippen LogP contribution in [0.1, 0.15) is 50.8 Å². The zero-order valence-electron chi connectivity index (χ0n) is 25.9. The van der Waals surface area contributed by atoms with E-state index in [2.05, 4.69) is 29.1 Å². The van der Waals surface area contributed by atoms with Gasteiger partial charge >= 0.3 is 0 Å². The lowest BCUT2D eigenvalue weighted by Gasteiger charge is -2.29. The number of carbonyl (C=O) groups excluding carboxylic acids is 2. The number of carbonyl (C=O) groups is 2. The van der Waals surface area contributed by atoms with Crippen molar-refractivity contribution in [3.63, 3.8) is 0 Å². The van der Waals surface area contributed by atoms with Crippen LogP contribution >= 0.6 is 11.3 Å². The molecule has 0 aliphatic carbocycles. The highest BCUT2D eigenvalue weighted by atomic mass is 32.1. The minimum Gasteiger partial charge on any atom is -0.492 e. The number of nitrogens with one attached hydrogen (secondary N) is 1. The van der Waals surface area contributed by atoms with Gasteiger partial charge in [-0.05, 0) is 43.0 Å². The Hall–Kier alpha value is -4.28. The van der Waals surface area contributed by atoms with Crippen molar-refractivity contribution in [3.8, 4) is 5.75 Å². The van der Waals surface area contributed by atoms with E-state index in [4.69, 9.17) is 4.74 Å². The number of likely N-dealkylation sites (N-methyl/N-ethyl adjacent to an activating group) is 1. The average molecular weight is 616 g/mol. The van der Waals surface area contributed by atoms with Gasteiger partial charge in [-0.15, -0.1) is 11.3 Å². The van der Waals surface area contributed by atoms with Crippen LogP contribution in [0.2, 0.25) is 0 Å². The summed E-state index contributed by atoms with van der Waals surface area (Å²) in [7, 11) is 3.59. The summed E-state index contributed by atoms with van der Waals surface area (Å²) in [5.41, 5.74) is 3.43. The number of aryl methyl sites for hydroxylation is 1. The molecule has 10 heteroatoms. The summed E-state index contributed by atoms with van der Waals surface area (Å²) in [6, 6.07) is 17.7. The number of hydrogen-bond donors (Lipinski definition) is 2. The van der Waals surface area contributed by atoms with Gasteiger partial charge in [0.15, 0.2) is 0 Å². The molecule has 0 radical (unpaired) electrons. The highest BCUT2D eigenvalue weighted by Gasteiger charge is 2.25. The number of thiazole rings is 1. The molecular formula is C34H41N5O4S. The number of hydrogen-bond acceptors (Lipinski definition) is 8. The number of ether oxygens (including phenoxy) is 1. The molecule has 0 aliphatic heterocycles. The average Bonchev–Trinajstić information content (AvgIpc) is 3.43. The first kappa shape index (κ1) is 32.6. The first-order valence-electron chi connectivity index (χ1n) is 14.7. The Labute approximate surface area is 263 Å². The lowest BCUT2D eigenvalue weighted by atomic mass is 9.99. The molecule has 2 heterocycles. The van der Waals surface area contributed by atoms with Crippen LogP contribution in [0.4, 0.5) is 5.69 Å². The molecule has 2 aromatic heterocycles. The molecule has 0 saturated heterocycles. The maximum Gasteiger partial charge on any atom is 0.253 e. The summed E-state index contributed by atoms with van der Waals surface area (Å²) >= 11 is 1.51. The van der Waals surface area contributed by atoms with Gasteiger partial charge in [-0.1, -0.05) is 50.2 Å². The van der Waals surface area contributed by atoms with Crippen LogP contribution in [0.3, 0.4) is 0 Å². The van der Waals surface area contributed by atoms with E-state index < -0.39 is 12.1 Å². The Balaban J connectivity index is 1.47. The number of pyridine rings is 1. The zero-order chi connectivity index (χ0) is 31.6. The monoisotopic (exact) mass is 615 g/mol. The topological polar surface area (TPSA) is 108 Å². The fraction of sp³-hybridized carbons (Fsp3) is 0.353. The van der Waals surface area contributed by atoms with E-state index in [1.807, 2.05) is 60.6 Å². The number of nitrogens with zero attached hydrogens (tertiary/aromatic N) is 4. The van der Waals surface area contributed by atoms with Crippen molar-refractivity contribution in [2.45, 2.75) is 45.9 Å². The molecule has 4 rings (SSSR count). The minimum absolute atomic E-state index is 0.205. The predicted octanol–water partition coefficient (Wildman–Crippen LogP) is 4.99. The zero-order valence-corrected chi connectivity index (χ0v) is 26.8. The first-order chi connectivity index (χ1) is 21.1. The van der Waals surface area contributed by atoms with Gasteiger partial charge in [0, 0.05) is 48.9 Å². The van der Waals surface area contributed by atoms with Crippen molar-refractivity contribution >= 4 is 28.8 Å². The number of amides is 2. The molecular weight excluding hydrogens is 574 g/mol. The van der Waals surface area contributed by atoms with Crippen molar-refractivity contribution in [1.82, 2.24) is 20.2 Å². The molecule has 44 heavy (non-hydrogen) atoms. The van der Waals surface area contributed by atoms with Crippen LogP contribution in [0.5, 0.6) is 5.75 Å². The Morgan fingerprint density at radius 2 is 1.77 bits per heavy atom. The second-order valence-electron chi connectivity index (χ2n) is 11.4. The highest BCUT2D eigenvalue weighted by Crippen LogP contribution is 2.20. The van der Waals surface area contributed by atoms with Crippen LogP contribution in [-0.2, 0) is 13.0 Å². The van der Waals surface area contributed by atoms with Gasteiger partial charge in [0.25, 0.3) is 11.8 Å². The number of aliphatic hydroxyl groups excluding tert-OH is 1. The van der Waals surface area contributed by atoms with Crippen molar-refractivity contribution in [1.29, 1.82) is 0 Å². The Morgan fingerprint density at radius 3 is 2.48 bits per heavy atom. The first-order valence-corrected chi connectivity index (χ1v) is 15.6. The summed E-state index contributed by atoms with van der Waals surface area (Å²) in [4.78, 5) is 38.9. The van der Waals surface area contributed by atoms with E-state index in [0.29, 0.717) is 42.4 Å². The molecule has 2 aromatic carbocycles. The largest absolute Gasteiger partial charge is 0.492 e. The predicted molar refractivity (Wildman–Crippen MR) is 174 cm³/mol. The molecule has 0 saturated carbocycles. The van der Waals surface area contributed by atoms with Crippen LogP contribution < -0.4 is 15.0 Å². The van der Waals surface area contributed by atoms with Gasteiger partial charge in [0.05, 0.1) is 43.4 Å². The molecule has 0 unspecified atom stereocenters. The van der Waals surface area contributed by atoms with Crippen LogP contribution in [-0.4, -0.2) is 71.2 Å². The Kier molecular flexibility index (Phi) is 11.5. The van der Waals surface area contributed by atoms with Crippen molar-refractivity contribution < 1.29 is 19.4 Å². The third kappa shape index (κ3) is 9.36. The molecule has 0 spiro atoms. The molecule has 2 N–H and O–H groups in total. The van der Waals surface area contributed by atoms with E-state index in [9.17, 15) is 14.7 Å². The maximum atomic E-state index is 13.5. The highest BCUT2D eigenvalue weighted by molar-refractivity contribution is 7.09. The van der Waals surface area contributed by atoms with Gasteiger partial charge in [0.2, 0.25) is 0 Å². The van der Waals surface area contributed by atoms with Gasteiger partial charge in [0.1, 0.15) is 10.8 Å². The Morgan fingerprint density at radius 1 is 1.02 bits per heavy atom. The number of aromatic nitrogens is 2. The van der Waals surface area contributed by atoms with Gasteiger partial charge in [-0.2, -0.15) is 0 Å². The second kappa shape index (κ2) is 15.4. The number of anilines is 1. The summed E-state index contributed by atoms with van der Waals surface area (Å²) in [5.74, 6) is 0.469. The molecule has 2 amide bonds. The van der Waals surface area contributed by atoms with Gasteiger partial charge < -0.3 is 25.0 Å². The van der Waals surface area contributed by atoms with Crippen LogP contribution in [0, 0.1) is 12.8 Å². The smallest absolute Gasteiger partial charge is 0.253 e. The third-order valence-corrected chi connectivity index (χ3v) is 7.97. The summed E-state index contributed by atoms with van der Waals surface area (Å²) in [6.07, 6.45) is 2.90. The summed E-state index contributed by atoms with van der Waals surface area (Å²) in [5, 5.41) is 17.3. The van der Waals surface area contributed by atoms with Gasteiger partial charge in [-0.3, -0.25) is 14.6 Å². The SMILES string of the molecule is Cc1csc(CN(C)C(=O)c2cccc(C(=O)N[C@@H](Cc3ccccc3)[C@H](O)CN(C)c3cncc(OCC(C)C)c3)c2)n1. The van der Waals surface area contributed by atoms with Crippen LogP contribution in [0.15, 0.2) is 78.4 Å². The summed E-state index contributed by atoms with van der Waals surface area (Å²) in [6.45, 7) is 7.29. The minimum atomic E-state index is -0.915. The standard InChI is InChI=1S/C34H41N5O4S/c1-23(2)21-43-29-16-28(17-35-18-29)38(4)19-31(40)30(14-25-10-7-6-8-11-25)37-33(41)26-12-9-13-27(15-26)34(42)39(5)20-32-36-24(3)22-44-32/h6-13,15-18,22-23,30-31,40H,14,19-21H2,1-5H3,(H,37,41)/t30-,31+/m0/s1. The maximum absolute atomic E-state index is 13.5. The van der Waals surface area contributed by atoms with Crippen molar-refractivity contribution in [3.05, 3.63) is 106 Å². The lowest BCUT2D eigenvalue weighted by molar-refractivity contribution is 0.0784. The molecule has 2 atom stereocenters. The lowest BCUT2D eigenvalue weighted by Crippen LogP contribution is -2.49. The molecule has 0 bridgehead atoms. The molecule has 4 aromatic rings. The fourth-order valence-electron chi connectivity index (χ4n) is 4.64. The van der Waals surface area contributed by atoms with Gasteiger partial charge in [-0.25, -0.2) is 4.98 Å². The molecule has 0 fully saturated rings. The van der Waals surface area contributed by atoms with E-state index in [-0.39, 0.29) is 18.4 Å². The quantitative estimate of drug-likeness (QED) is 0.206. The molecule has 232 valence electrons. The number of benzene rings is 2. The summed E-state index contributed by atoms with van der Waals surface area (Å²) < 4.78 is 5.82. The number of rotatable bonds is 14. The van der Waals surface area contributed by atoms with Crippen LogP contribution in [0.25, 0.3) is 0 Å². The van der Waals surface area contributed by atoms with Crippen molar-refractivity contribution in [2.75, 3.05) is 32.1 Å². The van der Waals surface area contributed by atoms with E-state index in [0.717, 1.165) is 22.0 Å². The van der Waals surface area contributed by atoms with E-state index >= 15 is 0 Å². The van der Waals surface area contributed by atoms with E-state index in [1.165, 1.54) is 11.3 Å². The number of aliphatic hydroxyl groups is 1. The Bertz CT molecular complexity index is 1530. The fourth-order valence-corrected chi connectivity index (χ4v) is 5.46.